The van der Waals surface area contributed by atoms with E-state index in [1.54, 1.807) is 0 Å². The van der Waals surface area contributed by atoms with Gasteiger partial charge in [-0.15, -0.1) is 0 Å². The molecule has 1 amide bonds. The van der Waals surface area contributed by atoms with Crippen molar-refractivity contribution in [2.75, 3.05) is 5.32 Å². The van der Waals surface area contributed by atoms with E-state index in [9.17, 15) is 4.79 Å². The second-order valence-electron chi connectivity index (χ2n) is 5.24. The Labute approximate surface area is 119 Å². The first-order valence-corrected chi connectivity index (χ1v) is 7.16. The topological polar surface area (TPSA) is 41.1 Å². The van der Waals surface area contributed by atoms with Crippen LogP contribution in [0.1, 0.15) is 36.8 Å². The molecule has 1 aromatic rings. The second-order valence-corrected chi connectivity index (χ2v) is 5.65. The van der Waals surface area contributed by atoms with Crippen LogP contribution in [0.25, 0.3) is 0 Å². The van der Waals surface area contributed by atoms with Crippen LogP contribution in [0.4, 0.5) is 5.69 Å². The molecular formula is C15H20N2OS. The number of amides is 1. The number of benzene rings is 1. The standard InChI is InChI=1S/C15H20N2OS/c1-10-7-8-11(2)13(9-10)16-15(19)17-14(18)12-5-3-4-6-12/h7-9,12H,3-6H2,1-2H3,(H2,16,17,18,19). The number of hydrogen-bond acceptors (Lipinski definition) is 2. The quantitative estimate of drug-likeness (QED) is 0.814. The molecule has 1 fully saturated rings. The Morgan fingerprint density at radius 2 is 1.95 bits per heavy atom. The van der Waals surface area contributed by atoms with Gasteiger partial charge in [-0.05, 0) is 56.1 Å². The Morgan fingerprint density at radius 1 is 1.26 bits per heavy atom. The Balaban J connectivity index is 1.93. The maximum Gasteiger partial charge on any atom is 0.229 e. The van der Waals surface area contributed by atoms with Gasteiger partial charge in [0.15, 0.2) is 5.11 Å². The van der Waals surface area contributed by atoms with Crippen molar-refractivity contribution in [3.63, 3.8) is 0 Å². The zero-order chi connectivity index (χ0) is 13.8. The van der Waals surface area contributed by atoms with Crippen LogP contribution in [0.2, 0.25) is 0 Å². The lowest BCUT2D eigenvalue weighted by Gasteiger charge is -2.14. The molecule has 1 aliphatic carbocycles. The fraction of sp³-hybridized carbons (Fsp3) is 0.467. The van der Waals surface area contributed by atoms with Crippen LogP contribution in [0.15, 0.2) is 18.2 Å². The van der Waals surface area contributed by atoms with E-state index in [1.165, 1.54) is 0 Å². The lowest BCUT2D eigenvalue weighted by Crippen LogP contribution is -2.37. The first kappa shape index (κ1) is 14.0. The van der Waals surface area contributed by atoms with Gasteiger partial charge in [0.2, 0.25) is 5.91 Å². The summed E-state index contributed by atoms with van der Waals surface area (Å²) in [6.45, 7) is 4.05. The van der Waals surface area contributed by atoms with E-state index >= 15 is 0 Å². The first-order chi connectivity index (χ1) is 9.06. The van der Waals surface area contributed by atoms with E-state index < -0.39 is 0 Å². The summed E-state index contributed by atoms with van der Waals surface area (Å²) >= 11 is 5.21. The largest absolute Gasteiger partial charge is 0.332 e. The molecule has 0 aromatic heterocycles. The highest BCUT2D eigenvalue weighted by atomic mass is 32.1. The highest BCUT2D eigenvalue weighted by molar-refractivity contribution is 7.80. The maximum absolute atomic E-state index is 12.0. The molecule has 19 heavy (non-hydrogen) atoms. The van der Waals surface area contributed by atoms with Gasteiger partial charge in [-0.1, -0.05) is 25.0 Å². The number of anilines is 1. The van der Waals surface area contributed by atoms with Crippen molar-refractivity contribution in [2.24, 2.45) is 5.92 Å². The molecule has 1 saturated carbocycles. The molecule has 102 valence electrons. The average molecular weight is 276 g/mol. The normalized spacial score (nSPS) is 15.3. The molecule has 0 spiro atoms. The minimum atomic E-state index is 0.0558. The Bertz CT molecular complexity index is 493. The minimum absolute atomic E-state index is 0.0558. The highest BCUT2D eigenvalue weighted by Crippen LogP contribution is 2.24. The molecule has 2 rings (SSSR count). The molecule has 0 unspecified atom stereocenters. The molecule has 1 aliphatic rings. The molecule has 4 heteroatoms. The minimum Gasteiger partial charge on any atom is -0.332 e. The third kappa shape index (κ3) is 3.77. The van der Waals surface area contributed by atoms with Crippen molar-refractivity contribution in [3.8, 4) is 0 Å². The molecule has 1 aromatic carbocycles. The zero-order valence-electron chi connectivity index (χ0n) is 11.5. The molecule has 0 aliphatic heterocycles. The van der Waals surface area contributed by atoms with E-state index in [0.29, 0.717) is 5.11 Å². The SMILES string of the molecule is Cc1ccc(C)c(NC(=S)NC(=O)C2CCCC2)c1. The molecule has 0 heterocycles. The number of carbonyl (C=O) groups is 1. The van der Waals surface area contributed by atoms with Crippen LogP contribution in [-0.4, -0.2) is 11.0 Å². The van der Waals surface area contributed by atoms with Crippen molar-refractivity contribution in [2.45, 2.75) is 39.5 Å². The van der Waals surface area contributed by atoms with Gasteiger partial charge in [0.1, 0.15) is 0 Å². The summed E-state index contributed by atoms with van der Waals surface area (Å²) in [6.07, 6.45) is 4.26. The van der Waals surface area contributed by atoms with Gasteiger partial charge >= 0.3 is 0 Å². The average Bonchev–Trinajstić information content (AvgIpc) is 2.87. The zero-order valence-corrected chi connectivity index (χ0v) is 12.3. The van der Waals surface area contributed by atoms with Crippen LogP contribution < -0.4 is 10.6 Å². The fourth-order valence-corrected chi connectivity index (χ4v) is 2.64. The lowest BCUT2D eigenvalue weighted by molar-refractivity contribution is -0.123. The van der Waals surface area contributed by atoms with E-state index in [-0.39, 0.29) is 11.8 Å². The smallest absolute Gasteiger partial charge is 0.229 e. The summed E-state index contributed by atoms with van der Waals surface area (Å²) in [4.78, 5) is 12.0. The van der Waals surface area contributed by atoms with E-state index in [2.05, 4.69) is 16.7 Å². The maximum atomic E-state index is 12.0. The molecule has 0 radical (unpaired) electrons. The summed E-state index contributed by atoms with van der Waals surface area (Å²) in [6, 6.07) is 6.13. The molecule has 3 nitrogen and oxygen atoms in total. The predicted molar refractivity (Wildman–Crippen MR) is 82.2 cm³/mol. The van der Waals surface area contributed by atoms with Crippen LogP contribution >= 0.6 is 12.2 Å². The lowest BCUT2D eigenvalue weighted by atomic mass is 10.1. The molecule has 0 saturated heterocycles. The Kier molecular flexibility index (Phi) is 4.53. The van der Waals surface area contributed by atoms with E-state index in [1.807, 2.05) is 26.0 Å². The Morgan fingerprint density at radius 3 is 2.63 bits per heavy atom. The van der Waals surface area contributed by atoms with Crippen LogP contribution in [0.3, 0.4) is 0 Å². The number of aryl methyl sites for hydroxylation is 2. The van der Waals surface area contributed by atoms with E-state index in [4.69, 9.17) is 12.2 Å². The number of hydrogen-bond donors (Lipinski definition) is 2. The van der Waals surface area contributed by atoms with Crippen molar-refractivity contribution in [3.05, 3.63) is 29.3 Å². The molecular weight excluding hydrogens is 256 g/mol. The predicted octanol–water partition coefficient (Wildman–Crippen LogP) is 3.31. The van der Waals surface area contributed by atoms with Crippen molar-refractivity contribution in [1.82, 2.24) is 5.32 Å². The number of carbonyl (C=O) groups excluding carboxylic acids is 1. The highest BCUT2D eigenvalue weighted by Gasteiger charge is 2.23. The number of nitrogens with one attached hydrogen (secondary N) is 2. The summed E-state index contributed by atoms with van der Waals surface area (Å²) in [7, 11) is 0. The number of thiocarbonyl (C=S) groups is 1. The van der Waals surface area contributed by atoms with E-state index in [0.717, 1.165) is 42.5 Å². The second kappa shape index (κ2) is 6.15. The van der Waals surface area contributed by atoms with Crippen LogP contribution in [0.5, 0.6) is 0 Å². The molecule has 2 N–H and O–H groups in total. The van der Waals surface area contributed by atoms with Gasteiger partial charge in [-0.25, -0.2) is 0 Å². The Hall–Kier alpha value is -1.42. The first-order valence-electron chi connectivity index (χ1n) is 6.75. The fourth-order valence-electron chi connectivity index (χ4n) is 2.43. The third-order valence-corrected chi connectivity index (χ3v) is 3.81. The van der Waals surface area contributed by atoms with Gasteiger partial charge in [0, 0.05) is 11.6 Å². The third-order valence-electron chi connectivity index (χ3n) is 3.60. The summed E-state index contributed by atoms with van der Waals surface area (Å²) in [5, 5.41) is 6.30. The van der Waals surface area contributed by atoms with Gasteiger partial charge < -0.3 is 10.6 Å². The molecule has 0 bridgehead atoms. The summed E-state index contributed by atoms with van der Waals surface area (Å²) < 4.78 is 0. The van der Waals surface area contributed by atoms with Gasteiger partial charge in [-0.3, -0.25) is 4.79 Å². The monoisotopic (exact) mass is 276 g/mol. The van der Waals surface area contributed by atoms with Crippen LogP contribution in [-0.2, 0) is 4.79 Å². The van der Waals surface area contributed by atoms with Gasteiger partial charge in [0.25, 0.3) is 0 Å². The molecule has 0 atom stereocenters. The van der Waals surface area contributed by atoms with Crippen LogP contribution in [0, 0.1) is 19.8 Å². The summed E-state index contributed by atoms with van der Waals surface area (Å²) in [5.41, 5.74) is 3.23. The summed E-state index contributed by atoms with van der Waals surface area (Å²) in [5.74, 6) is 0.193. The van der Waals surface area contributed by atoms with Gasteiger partial charge in [-0.2, -0.15) is 0 Å². The van der Waals surface area contributed by atoms with Crippen molar-refractivity contribution in [1.29, 1.82) is 0 Å². The number of rotatable bonds is 2. The van der Waals surface area contributed by atoms with Crippen molar-refractivity contribution < 1.29 is 4.79 Å². The van der Waals surface area contributed by atoms with Gasteiger partial charge in [0.05, 0.1) is 0 Å². The van der Waals surface area contributed by atoms with Crippen molar-refractivity contribution >= 4 is 28.9 Å².